The van der Waals surface area contributed by atoms with Crippen LogP contribution in [0.15, 0.2) is 0 Å². The predicted octanol–water partition coefficient (Wildman–Crippen LogP) is -0.666. The lowest BCUT2D eigenvalue weighted by Crippen LogP contribution is -2.43. The molecular formula is C10H20N2O3. The number of amides is 1. The van der Waals surface area contributed by atoms with Crippen LogP contribution in [-0.4, -0.2) is 54.4 Å². The van der Waals surface area contributed by atoms with Gasteiger partial charge in [-0.2, -0.15) is 0 Å². The largest absolute Gasteiger partial charge is 0.395 e. The van der Waals surface area contributed by atoms with E-state index < -0.39 is 0 Å². The Labute approximate surface area is 90.2 Å². The fourth-order valence-electron chi connectivity index (χ4n) is 1.71. The summed E-state index contributed by atoms with van der Waals surface area (Å²) in [5.74, 6) is -0.0254. The van der Waals surface area contributed by atoms with Crippen molar-refractivity contribution >= 4 is 5.91 Å². The van der Waals surface area contributed by atoms with E-state index in [1.165, 1.54) is 6.92 Å². The van der Waals surface area contributed by atoms with Gasteiger partial charge < -0.3 is 20.5 Å². The first-order chi connectivity index (χ1) is 7.13. The van der Waals surface area contributed by atoms with Gasteiger partial charge >= 0.3 is 0 Å². The van der Waals surface area contributed by atoms with Gasteiger partial charge in [-0.1, -0.05) is 0 Å². The number of nitrogens with zero attached hydrogens (tertiary/aromatic N) is 1. The fraction of sp³-hybridized carbons (Fsp3) is 0.900. The number of nitrogens with two attached hydrogens (primary N) is 1. The van der Waals surface area contributed by atoms with E-state index in [0.717, 1.165) is 12.8 Å². The number of rotatable bonds is 4. The smallest absolute Gasteiger partial charge is 0.219 e. The minimum Gasteiger partial charge on any atom is -0.395 e. The molecule has 1 aliphatic heterocycles. The zero-order valence-electron chi connectivity index (χ0n) is 9.19. The van der Waals surface area contributed by atoms with Crippen LogP contribution >= 0.6 is 0 Å². The van der Waals surface area contributed by atoms with Crippen LogP contribution in [-0.2, 0) is 9.53 Å². The van der Waals surface area contributed by atoms with Crippen LogP contribution in [0, 0.1) is 0 Å². The molecular weight excluding hydrogens is 196 g/mol. The van der Waals surface area contributed by atoms with Crippen LogP contribution < -0.4 is 5.73 Å². The Balaban J connectivity index is 2.34. The van der Waals surface area contributed by atoms with E-state index >= 15 is 0 Å². The van der Waals surface area contributed by atoms with E-state index in [2.05, 4.69) is 0 Å². The van der Waals surface area contributed by atoms with E-state index in [-0.39, 0.29) is 24.7 Å². The van der Waals surface area contributed by atoms with Crippen molar-refractivity contribution in [3.8, 4) is 0 Å². The van der Waals surface area contributed by atoms with Crippen LogP contribution in [0.3, 0.4) is 0 Å². The third kappa shape index (κ3) is 4.15. The van der Waals surface area contributed by atoms with Crippen LogP contribution in [0.2, 0.25) is 0 Å². The van der Waals surface area contributed by atoms with Gasteiger partial charge in [-0.15, -0.1) is 0 Å². The molecule has 2 atom stereocenters. The highest BCUT2D eigenvalue weighted by Crippen LogP contribution is 2.13. The van der Waals surface area contributed by atoms with E-state index in [1.54, 1.807) is 4.90 Å². The van der Waals surface area contributed by atoms with Gasteiger partial charge in [0.1, 0.15) is 0 Å². The van der Waals surface area contributed by atoms with E-state index in [0.29, 0.717) is 19.7 Å². The Morgan fingerprint density at radius 2 is 2.33 bits per heavy atom. The molecule has 0 unspecified atom stereocenters. The molecule has 3 N–H and O–H groups in total. The van der Waals surface area contributed by atoms with Crippen molar-refractivity contribution in [2.45, 2.75) is 31.9 Å². The quantitative estimate of drug-likeness (QED) is 0.653. The molecule has 5 heteroatoms. The zero-order valence-corrected chi connectivity index (χ0v) is 9.19. The Kier molecular flexibility index (Phi) is 5.01. The number of carbonyl (C=O) groups is 1. The number of hydrogen-bond donors (Lipinski definition) is 2. The molecule has 0 aromatic rings. The van der Waals surface area contributed by atoms with Crippen molar-refractivity contribution in [2.75, 3.05) is 26.3 Å². The molecule has 88 valence electrons. The Bertz CT molecular complexity index is 203. The third-order valence-corrected chi connectivity index (χ3v) is 2.64. The van der Waals surface area contributed by atoms with Gasteiger partial charge in [-0.25, -0.2) is 0 Å². The van der Waals surface area contributed by atoms with Crippen molar-refractivity contribution in [3.63, 3.8) is 0 Å². The zero-order chi connectivity index (χ0) is 11.3. The number of ether oxygens (including phenoxy) is 1. The van der Waals surface area contributed by atoms with Gasteiger partial charge in [0.05, 0.1) is 19.3 Å². The number of carbonyl (C=O) groups excluding carboxylic acids is 1. The van der Waals surface area contributed by atoms with Gasteiger partial charge in [0.2, 0.25) is 5.91 Å². The van der Waals surface area contributed by atoms with Crippen LogP contribution in [0.25, 0.3) is 0 Å². The van der Waals surface area contributed by atoms with Crippen LogP contribution in [0.4, 0.5) is 0 Å². The third-order valence-electron chi connectivity index (χ3n) is 2.64. The molecule has 1 amide bonds. The Morgan fingerprint density at radius 3 is 2.80 bits per heavy atom. The van der Waals surface area contributed by atoms with Crippen molar-refractivity contribution in [1.82, 2.24) is 4.90 Å². The van der Waals surface area contributed by atoms with Crippen molar-refractivity contribution in [3.05, 3.63) is 0 Å². The molecule has 1 heterocycles. The lowest BCUT2D eigenvalue weighted by Gasteiger charge is -2.31. The molecule has 0 saturated carbocycles. The fourth-order valence-corrected chi connectivity index (χ4v) is 1.71. The second-order valence-electron chi connectivity index (χ2n) is 3.98. The van der Waals surface area contributed by atoms with E-state index in [4.69, 9.17) is 15.6 Å². The van der Waals surface area contributed by atoms with E-state index in [1.807, 2.05) is 0 Å². The molecule has 0 aromatic carbocycles. The first-order valence-corrected chi connectivity index (χ1v) is 5.37. The van der Waals surface area contributed by atoms with Gasteiger partial charge in [-0.05, 0) is 12.8 Å². The SMILES string of the molecule is CC(=O)N(CCO)C[C@@H]1CC[C@@H](N)CO1. The molecule has 1 rings (SSSR count). The summed E-state index contributed by atoms with van der Waals surface area (Å²) in [4.78, 5) is 12.8. The number of aliphatic hydroxyl groups is 1. The normalized spacial score (nSPS) is 26.3. The lowest BCUT2D eigenvalue weighted by atomic mass is 10.1. The average Bonchev–Trinajstić information content (AvgIpc) is 2.20. The first-order valence-electron chi connectivity index (χ1n) is 5.37. The highest BCUT2D eigenvalue weighted by atomic mass is 16.5. The lowest BCUT2D eigenvalue weighted by molar-refractivity contribution is -0.132. The average molecular weight is 216 g/mol. The number of hydrogen-bond acceptors (Lipinski definition) is 4. The van der Waals surface area contributed by atoms with Gasteiger partial charge in [0.25, 0.3) is 0 Å². The molecule has 1 saturated heterocycles. The van der Waals surface area contributed by atoms with E-state index in [9.17, 15) is 4.79 Å². The number of aliphatic hydroxyl groups excluding tert-OH is 1. The molecule has 1 aliphatic rings. The summed E-state index contributed by atoms with van der Waals surface area (Å²) in [6.07, 6.45) is 1.89. The minimum absolute atomic E-state index is 0.00812. The van der Waals surface area contributed by atoms with Gasteiger partial charge in [0.15, 0.2) is 0 Å². The Morgan fingerprint density at radius 1 is 1.60 bits per heavy atom. The molecule has 0 aromatic heterocycles. The monoisotopic (exact) mass is 216 g/mol. The molecule has 1 fully saturated rings. The summed E-state index contributed by atoms with van der Waals surface area (Å²) >= 11 is 0. The second-order valence-corrected chi connectivity index (χ2v) is 3.98. The molecule has 0 aliphatic carbocycles. The maximum absolute atomic E-state index is 11.2. The molecule has 0 spiro atoms. The minimum atomic E-state index is -0.0254. The summed E-state index contributed by atoms with van der Waals surface area (Å²) in [7, 11) is 0. The van der Waals surface area contributed by atoms with Gasteiger partial charge in [0, 0.05) is 26.1 Å². The standard InChI is InChI=1S/C10H20N2O3/c1-8(14)12(4-5-13)6-10-3-2-9(11)7-15-10/h9-10,13H,2-7,11H2,1H3/t9-,10+/m1/s1. The van der Waals surface area contributed by atoms with Gasteiger partial charge in [-0.3, -0.25) is 4.79 Å². The van der Waals surface area contributed by atoms with Crippen LogP contribution in [0.5, 0.6) is 0 Å². The summed E-state index contributed by atoms with van der Waals surface area (Å²) in [5, 5.41) is 8.80. The summed E-state index contributed by atoms with van der Waals surface area (Å²) in [6.45, 7) is 3.00. The van der Waals surface area contributed by atoms with Crippen molar-refractivity contribution < 1.29 is 14.6 Å². The predicted molar refractivity (Wildman–Crippen MR) is 56.3 cm³/mol. The second kappa shape index (κ2) is 6.05. The first kappa shape index (κ1) is 12.4. The Hall–Kier alpha value is -0.650. The molecule has 15 heavy (non-hydrogen) atoms. The van der Waals surface area contributed by atoms with Crippen molar-refractivity contribution in [1.29, 1.82) is 0 Å². The summed E-state index contributed by atoms with van der Waals surface area (Å²) in [6, 6.07) is 0.130. The molecule has 0 bridgehead atoms. The summed E-state index contributed by atoms with van der Waals surface area (Å²) < 4.78 is 5.52. The maximum Gasteiger partial charge on any atom is 0.219 e. The summed E-state index contributed by atoms with van der Waals surface area (Å²) in [5.41, 5.74) is 5.70. The van der Waals surface area contributed by atoms with Crippen LogP contribution in [0.1, 0.15) is 19.8 Å². The molecule has 5 nitrogen and oxygen atoms in total. The highest BCUT2D eigenvalue weighted by molar-refractivity contribution is 5.73. The maximum atomic E-state index is 11.2. The highest BCUT2D eigenvalue weighted by Gasteiger charge is 2.22. The topological polar surface area (TPSA) is 75.8 Å². The molecule has 0 radical (unpaired) electrons. The van der Waals surface area contributed by atoms with Crippen molar-refractivity contribution in [2.24, 2.45) is 5.73 Å².